The smallest absolute Gasteiger partial charge is 0.253 e. The minimum atomic E-state index is 0.104. The number of likely N-dealkylation sites (tertiary alicyclic amines) is 1. The van der Waals surface area contributed by atoms with E-state index in [-0.39, 0.29) is 11.8 Å². The Labute approximate surface area is 131 Å². The minimum absolute atomic E-state index is 0.104. The zero-order chi connectivity index (χ0) is 15.4. The molecule has 2 fully saturated rings. The summed E-state index contributed by atoms with van der Waals surface area (Å²) in [6.07, 6.45) is 2.62. The Hall–Kier alpha value is -1.88. The SMILES string of the molecule is O=C1CCCN1Cc1ccc(C(=O)N2CCCNCC2)cc1. The van der Waals surface area contributed by atoms with E-state index >= 15 is 0 Å². The van der Waals surface area contributed by atoms with E-state index in [4.69, 9.17) is 0 Å². The average Bonchev–Trinajstić information content (AvgIpc) is 2.79. The second-order valence-electron chi connectivity index (χ2n) is 6.01. The number of hydrogen-bond acceptors (Lipinski definition) is 3. The Morgan fingerprint density at radius 3 is 2.59 bits per heavy atom. The van der Waals surface area contributed by atoms with Gasteiger partial charge in [0.15, 0.2) is 0 Å². The molecule has 0 saturated carbocycles. The van der Waals surface area contributed by atoms with Gasteiger partial charge in [0.2, 0.25) is 5.91 Å². The average molecular weight is 301 g/mol. The first-order chi connectivity index (χ1) is 10.7. The first-order valence-corrected chi connectivity index (χ1v) is 8.11. The molecular weight excluding hydrogens is 278 g/mol. The normalized spacial score (nSPS) is 19.4. The van der Waals surface area contributed by atoms with E-state index in [9.17, 15) is 9.59 Å². The largest absolute Gasteiger partial charge is 0.338 e. The Kier molecular flexibility index (Phi) is 4.73. The topological polar surface area (TPSA) is 52.7 Å². The van der Waals surface area contributed by atoms with Crippen molar-refractivity contribution in [3.63, 3.8) is 0 Å². The maximum atomic E-state index is 12.5. The standard InChI is InChI=1S/C17H23N3O2/c21-16-3-1-10-20(16)13-14-4-6-15(7-5-14)17(22)19-11-2-8-18-9-12-19/h4-7,18H,1-3,8-13H2. The van der Waals surface area contributed by atoms with Gasteiger partial charge in [-0.05, 0) is 37.1 Å². The van der Waals surface area contributed by atoms with E-state index < -0.39 is 0 Å². The molecule has 2 aliphatic rings. The Morgan fingerprint density at radius 2 is 1.86 bits per heavy atom. The van der Waals surface area contributed by atoms with E-state index in [1.54, 1.807) is 0 Å². The number of amides is 2. The molecule has 2 heterocycles. The van der Waals surface area contributed by atoms with Crippen molar-refractivity contribution >= 4 is 11.8 Å². The van der Waals surface area contributed by atoms with Gasteiger partial charge in [-0.2, -0.15) is 0 Å². The van der Waals surface area contributed by atoms with Crippen LogP contribution in [0.4, 0.5) is 0 Å². The maximum Gasteiger partial charge on any atom is 0.253 e. The molecule has 5 nitrogen and oxygen atoms in total. The molecule has 2 amide bonds. The van der Waals surface area contributed by atoms with Crippen LogP contribution in [0, 0.1) is 0 Å². The van der Waals surface area contributed by atoms with E-state index in [2.05, 4.69) is 5.32 Å². The van der Waals surface area contributed by atoms with Crippen LogP contribution in [-0.4, -0.2) is 54.3 Å². The van der Waals surface area contributed by atoms with Gasteiger partial charge in [-0.3, -0.25) is 9.59 Å². The van der Waals surface area contributed by atoms with E-state index in [1.807, 2.05) is 34.1 Å². The molecule has 3 rings (SSSR count). The van der Waals surface area contributed by atoms with Crippen LogP contribution in [0.15, 0.2) is 24.3 Å². The number of hydrogen-bond donors (Lipinski definition) is 1. The zero-order valence-corrected chi connectivity index (χ0v) is 12.9. The van der Waals surface area contributed by atoms with Gasteiger partial charge >= 0.3 is 0 Å². The molecule has 0 atom stereocenters. The number of nitrogens with zero attached hydrogens (tertiary/aromatic N) is 2. The third-order valence-electron chi connectivity index (χ3n) is 4.37. The molecule has 0 bridgehead atoms. The minimum Gasteiger partial charge on any atom is -0.338 e. The molecule has 0 spiro atoms. The number of rotatable bonds is 3. The number of benzene rings is 1. The molecule has 2 aliphatic heterocycles. The summed E-state index contributed by atoms with van der Waals surface area (Å²) in [6, 6.07) is 7.71. The van der Waals surface area contributed by atoms with Gasteiger partial charge in [0.25, 0.3) is 5.91 Å². The van der Waals surface area contributed by atoms with Gasteiger partial charge in [0.05, 0.1) is 0 Å². The lowest BCUT2D eigenvalue weighted by molar-refractivity contribution is -0.128. The molecule has 0 aromatic heterocycles. The predicted molar refractivity (Wildman–Crippen MR) is 84.5 cm³/mol. The molecule has 1 aromatic rings. The highest BCUT2D eigenvalue weighted by Gasteiger charge is 2.20. The van der Waals surface area contributed by atoms with Crippen molar-refractivity contribution < 1.29 is 9.59 Å². The fourth-order valence-corrected chi connectivity index (χ4v) is 3.08. The van der Waals surface area contributed by atoms with Crippen LogP contribution in [0.3, 0.4) is 0 Å². The van der Waals surface area contributed by atoms with Crippen molar-refractivity contribution in [1.82, 2.24) is 15.1 Å². The van der Waals surface area contributed by atoms with Gasteiger partial charge in [0, 0.05) is 44.7 Å². The van der Waals surface area contributed by atoms with Gasteiger partial charge in [0.1, 0.15) is 0 Å². The van der Waals surface area contributed by atoms with Crippen molar-refractivity contribution in [2.24, 2.45) is 0 Å². The molecule has 0 radical (unpaired) electrons. The summed E-state index contributed by atoms with van der Waals surface area (Å²) in [4.78, 5) is 27.9. The third-order valence-corrected chi connectivity index (χ3v) is 4.37. The van der Waals surface area contributed by atoms with Crippen molar-refractivity contribution in [2.75, 3.05) is 32.7 Å². The molecule has 2 saturated heterocycles. The first-order valence-electron chi connectivity index (χ1n) is 8.11. The Morgan fingerprint density at radius 1 is 1.05 bits per heavy atom. The van der Waals surface area contributed by atoms with Crippen LogP contribution in [0.25, 0.3) is 0 Å². The second-order valence-corrected chi connectivity index (χ2v) is 6.01. The lowest BCUT2D eigenvalue weighted by Gasteiger charge is -2.20. The lowest BCUT2D eigenvalue weighted by atomic mass is 10.1. The van der Waals surface area contributed by atoms with E-state index in [0.29, 0.717) is 13.0 Å². The monoisotopic (exact) mass is 301 g/mol. The van der Waals surface area contributed by atoms with Crippen LogP contribution < -0.4 is 5.32 Å². The third kappa shape index (κ3) is 3.47. The van der Waals surface area contributed by atoms with Gasteiger partial charge in [-0.25, -0.2) is 0 Å². The molecule has 1 aromatic carbocycles. The molecule has 0 aliphatic carbocycles. The van der Waals surface area contributed by atoms with E-state index in [0.717, 1.165) is 56.7 Å². The van der Waals surface area contributed by atoms with Gasteiger partial charge in [-0.1, -0.05) is 12.1 Å². The summed E-state index contributed by atoms with van der Waals surface area (Å²) in [5.41, 5.74) is 1.82. The summed E-state index contributed by atoms with van der Waals surface area (Å²) in [5.74, 6) is 0.338. The van der Waals surface area contributed by atoms with Crippen LogP contribution in [-0.2, 0) is 11.3 Å². The molecule has 118 valence electrons. The fourth-order valence-electron chi connectivity index (χ4n) is 3.08. The highest BCUT2D eigenvalue weighted by Crippen LogP contribution is 2.15. The van der Waals surface area contributed by atoms with Crippen LogP contribution >= 0.6 is 0 Å². The lowest BCUT2D eigenvalue weighted by Crippen LogP contribution is -2.34. The van der Waals surface area contributed by atoms with Gasteiger partial charge < -0.3 is 15.1 Å². The van der Waals surface area contributed by atoms with Crippen molar-refractivity contribution in [1.29, 1.82) is 0 Å². The first kappa shape index (κ1) is 15.0. The van der Waals surface area contributed by atoms with Crippen molar-refractivity contribution in [3.05, 3.63) is 35.4 Å². The fraction of sp³-hybridized carbons (Fsp3) is 0.529. The highest BCUT2D eigenvalue weighted by atomic mass is 16.2. The molecule has 0 unspecified atom stereocenters. The number of carbonyl (C=O) groups is 2. The Balaban J connectivity index is 1.62. The number of nitrogens with one attached hydrogen (secondary N) is 1. The molecule has 5 heteroatoms. The summed E-state index contributed by atoms with van der Waals surface area (Å²) >= 11 is 0. The summed E-state index contributed by atoms with van der Waals surface area (Å²) < 4.78 is 0. The van der Waals surface area contributed by atoms with E-state index in [1.165, 1.54) is 0 Å². The summed E-state index contributed by atoms with van der Waals surface area (Å²) in [6.45, 7) is 4.92. The van der Waals surface area contributed by atoms with Gasteiger partial charge in [-0.15, -0.1) is 0 Å². The van der Waals surface area contributed by atoms with Crippen LogP contribution in [0.2, 0.25) is 0 Å². The number of carbonyl (C=O) groups excluding carboxylic acids is 2. The quantitative estimate of drug-likeness (QED) is 0.914. The molecule has 22 heavy (non-hydrogen) atoms. The van der Waals surface area contributed by atoms with Crippen molar-refractivity contribution in [3.8, 4) is 0 Å². The predicted octanol–water partition coefficient (Wildman–Crippen LogP) is 1.24. The summed E-state index contributed by atoms with van der Waals surface area (Å²) in [5, 5.41) is 3.31. The van der Waals surface area contributed by atoms with Crippen LogP contribution in [0.5, 0.6) is 0 Å². The Bertz CT molecular complexity index is 533. The molecular formula is C17H23N3O2. The van der Waals surface area contributed by atoms with Crippen molar-refractivity contribution in [2.45, 2.75) is 25.8 Å². The second kappa shape index (κ2) is 6.92. The zero-order valence-electron chi connectivity index (χ0n) is 12.9. The summed E-state index contributed by atoms with van der Waals surface area (Å²) in [7, 11) is 0. The van der Waals surface area contributed by atoms with Crippen LogP contribution in [0.1, 0.15) is 35.2 Å². The maximum absolute atomic E-state index is 12.5. The molecule has 1 N–H and O–H groups in total. The highest BCUT2D eigenvalue weighted by molar-refractivity contribution is 5.94.